The van der Waals surface area contributed by atoms with E-state index < -0.39 is 0 Å². The molecule has 0 aliphatic rings. The minimum absolute atomic E-state index is 0.225. The van der Waals surface area contributed by atoms with E-state index in [-0.39, 0.29) is 6.61 Å². The Morgan fingerprint density at radius 2 is 1.87 bits per heavy atom. The zero-order valence-corrected chi connectivity index (χ0v) is 18.5. The van der Waals surface area contributed by atoms with Crippen LogP contribution in [0.3, 0.4) is 0 Å². The van der Waals surface area contributed by atoms with Gasteiger partial charge in [-0.3, -0.25) is 0 Å². The number of aryl methyl sites for hydroxylation is 1. The van der Waals surface area contributed by atoms with E-state index in [4.69, 9.17) is 15.1 Å². The molecule has 0 amide bonds. The molecule has 2 aromatic heterocycles. The first-order valence-corrected chi connectivity index (χ1v) is 10.9. The second kappa shape index (κ2) is 9.22. The van der Waals surface area contributed by atoms with Crippen molar-refractivity contribution in [3.05, 3.63) is 71.4 Å². The van der Waals surface area contributed by atoms with Gasteiger partial charge in [-0.25, -0.2) is 4.68 Å². The van der Waals surface area contributed by atoms with Gasteiger partial charge in [0, 0.05) is 5.56 Å². The highest BCUT2D eigenvalue weighted by Crippen LogP contribution is 2.24. The van der Waals surface area contributed by atoms with Gasteiger partial charge in [0.15, 0.2) is 5.82 Å². The Balaban J connectivity index is 1.35. The highest BCUT2D eigenvalue weighted by Gasteiger charge is 2.15. The summed E-state index contributed by atoms with van der Waals surface area (Å²) in [6, 6.07) is 15.9. The molecule has 8 nitrogen and oxygen atoms in total. The maximum atomic E-state index is 6.14. The van der Waals surface area contributed by atoms with Crippen LogP contribution in [-0.2, 0) is 12.4 Å². The fourth-order valence-electron chi connectivity index (χ4n) is 2.97. The number of nitrogens with zero attached hydrogens (tertiary/aromatic N) is 5. The maximum absolute atomic E-state index is 6.14. The van der Waals surface area contributed by atoms with Crippen LogP contribution in [0, 0.1) is 6.92 Å². The predicted molar refractivity (Wildman–Crippen MR) is 119 cm³/mol. The Hall–Kier alpha value is -3.33. The van der Waals surface area contributed by atoms with Gasteiger partial charge in [-0.15, -0.1) is 10.2 Å². The molecule has 0 aliphatic carbocycles. The van der Waals surface area contributed by atoms with Crippen LogP contribution in [0.5, 0.6) is 5.75 Å². The van der Waals surface area contributed by atoms with Gasteiger partial charge in [0.2, 0.25) is 16.9 Å². The van der Waals surface area contributed by atoms with E-state index in [2.05, 4.69) is 46.3 Å². The molecule has 31 heavy (non-hydrogen) atoms. The third kappa shape index (κ3) is 4.88. The van der Waals surface area contributed by atoms with E-state index in [1.165, 1.54) is 22.0 Å². The van der Waals surface area contributed by atoms with Gasteiger partial charge >= 0.3 is 0 Å². The Bertz CT molecular complexity index is 1150. The molecule has 4 rings (SSSR count). The molecule has 4 aromatic rings. The van der Waals surface area contributed by atoms with Crippen LogP contribution < -0.4 is 10.6 Å². The minimum atomic E-state index is 0.225. The molecule has 0 aliphatic heterocycles. The van der Waals surface area contributed by atoms with Gasteiger partial charge in [-0.1, -0.05) is 67.2 Å². The maximum Gasteiger partial charge on any atom is 0.237 e. The summed E-state index contributed by atoms with van der Waals surface area (Å²) < 4.78 is 12.6. The van der Waals surface area contributed by atoms with Crippen LogP contribution in [0.25, 0.3) is 11.4 Å². The molecule has 0 unspecified atom stereocenters. The normalized spacial score (nSPS) is 11.2. The molecule has 9 heteroatoms. The van der Waals surface area contributed by atoms with E-state index in [1.54, 1.807) is 0 Å². The number of rotatable bonds is 8. The molecule has 160 valence electrons. The number of thioether (sulfide) groups is 1. The SMILES string of the molecule is Cc1ccccc1-c1noc(CSc2nnc(COc3ccc(C(C)C)cc3)n2N)n1. The smallest absolute Gasteiger partial charge is 0.237 e. The first kappa shape index (κ1) is 20.9. The van der Waals surface area contributed by atoms with Crippen molar-refractivity contribution in [3.63, 3.8) is 0 Å². The molecule has 0 atom stereocenters. The summed E-state index contributed by atoms with van der Waals surface area (Å²) in [5, 5.41) is 12.9. The Morgan fingerprint density at radius 1 is 1.10 bits per heavy atom. The molecule has 0 saturated heterocycles. The lowest BCUT2D eigenvalue weighted by Crippen LogP contribution is -2.15. The Labute approximate surface area is 184 Å². The number of hydrogen-bond donors (Lipinski definition) is 1. The third-order valence-electron chi connectivity index (χ3n) is 4.83. The second-order valence-corrected chi connectivity index (χ2v) is 8.34. The van der Waals surface area contributed by atoms with E-state index in [0.29, 0.717) is 34.4 Å². The molecule has 2 heterocycles. The molecule has 0 radical (unpaired) electrons. The van der Waals surface area contributed by atoms with Gasteiger partial charge in [-0.05, 0) is 36.1 Å². The van der Waals surface area contributed by atoms with Gasteiger partial charge in [0.25, 0.3) is 0 Å². The number of benzene rings is 2. The molecule has 2 aromatic carbocycles. The highest BCUT2D eigenvalue weighted by molar-refractivity contribution is 7.98. The van der Waals surface area contributed by atoms with Crippen LogP contribution >= 0.6 is 11.8 Å². The van der Waals surface area contributed by atoms with Crippen molar-refractivity contribution in [2.45, 2.75) is 44.2 Å². The van der Waals surface area contributed by atoms with Gasteiger partial charge in [0.05, 0.1) is 5.75 Å². The van der Waals surface area contributed by atoms with Crippen LogP contribution in [0.4, 0.5) is 0 Å². The van der Waals surface area contributed by atoms with Crippen LogP contribution in [0.2, 0.25) is 0 Å². The predicted octanol–water partition coefficient (Wildman–Crippen LogP) is 4.35. The van der Waals surface area contributed by atoms with E-state index >= 15 is 0 Å². The van der Waals surface area contributed by atoms with Crippen molar-refractivity contribution < 1.29 is 9.26 Å². The molecule has 0 spiro atoms. The van der Waals surface area contributed by atoms with Crippen molar-refractivity contribution in [1.29, 1.82) is 0 Å². The summed E-state index contributed by atoms with van der Waals surface area (Å²) in [5.41, 5.74) is 3.30. The van der Waals surface area contributed by atoms with Crippen molar-refractivity contribution in [2.75, 3.05) is 5.84 Å². The zero-order chi connectivity index (χ0) is 21.8. The first-order chi connectivity index (χ1) is 15.0. The molecule has 0 bridgehead atoms. The van der Waals surface area contributed by atoms with Crippen LogP contribution in [0.15, 0.2) is 58.2 Å². The molecule has 2 N–H and O–H groups in total. The minimum Gasteiger partial charge on any atom is -0.486 e. The topological polar surface area (TPSA) is 105 Å². The molecular formula is C22H24N6O2S. The average molecular weight is 437 g/mol. The molecule has 0 fully saturated rings. The highest BCUT2D eigenvalue weighted by atomic mass is 32.2. The fraction of sp³-hybridized carbons (Fsp3) is 0.273. The number of ether oxygens (including phenoxy) is 1. The van der Waals surface area contributed by atoms with Crippen molar-refractivity contribution >= 4 is 11.8 Å². The summed E-state index contributed by atoms with van der Waals surface area (Å²) in [4.78, 5) is 4.47. The second-order valence-electron chi connectivity index (χ2n) is 7.40. The summed E-state index contributed by atoms with van der Waals surface area (Å²) in [6.45, 7) is 6.55. The number of nitrogens with two attached hydrogens (primary N) is 1. The summed E-state index contributed by atoms with van der Waals surface area (Å²) in [7, 11) is 0. The van der Waals surface area contributed by atoms with Gasteiger partial charge in [-0.2, -0.15) is 4.98 Å². The lowest BCUT2D eigenvalue weighted by molar-refractivity contribution is 0.291. The first-order valence-electron chi connectivity index (χ1n) is 9.94. The van der Waals surface area contributed by atoms with E-state index in [0.717, 1.165) is 16.9 Å². The summed E-state index contributed by atoms with van der Waals surface area (Å²) >= 11 is 1.37. The fourth-order valence-corrected chi connectivity index (χ4v) is 3.69. The zero-order valence-electron chi connectivity index (χ0n) is 17.6. The van der Waals surface area contributed by atoms with E-state index in [9.17, 15) is 0 Å². The lowest BCUT2D eigenvalue weighted by atomic mass is 10.0. The Morgan fingerprint density at radius 3 is 2.61 bits per heavy atom. The van der Waals surface area contributed by atoms with Crippen molar-refractivity contribution in [1.82, 2.24) is 25.0 Å². The van der Waals surface area contributed by atoms with Crippen molar-refractivity contribution in [3.8, 4) is 17.1 Å². The van der Waals surface area contributed by atoms with Crippen LogP contribution in [0.1, 0.15) is 42.6 Å². The summed E-state index contributed by atoms with van der Waals surface area (Å²) in [5.74, 6) is 9.41. The van der Waals surface area contributed by atoms with E-state index in [1.807, 2.05) is 43.3 Å². The van der Waals surface area contributed by atoms with Gasteiger partial charge < -0.3 is 15.1 Å². The number of aromatic nitrogens is 5. The van der Waals surface area contributed by atoms with Crippen LogP contribution in [-0.4, -0.2) is 25.0 Å². The standard InChI is InChI=1S/C22H24N6O2S/c1-14(2)16-8-10-17(11-9-16)29-12-19-25-26-22(28(19)23)31-13-20-24-21(27-30-20)18-7-5-4-6-15(18)3/h4-11,14H,12-13,23H2,1-3H3. The monoisotopic (exact) mass is 436 g/mol. The average Bonchev–Trinajstić information content (AvgIpc) is 3.38. The lowest BCUT2D eigenvalue weighted by Gasteiger charge is -2.08. The Kier molecular flexibility index (Phi) is 6.22. The molecule has 0 saturated carbocycles. The largest absolute Gasteiger partial charge is 0.486 e. The molecular weight excluding hydrogens is 412 g/mol. The summed E-state index contributed by atoms with van der Waals surface area (Å²) in [6.07, 6.45) is 0. The quantitative estimate of drug-likeness (QED) is 0.321. The number of hydrogen-bond acceptors (Lipinski definition) is 8. The number of nitrogen functional groups attached to an aromatic ring is 1. The van der Waals surface area contributed by atoms with Crippen molar-refractivity contribution in [2.24, 2.45) is 0 Å². The third-order valence-corrected chi connectivity index (χ3v) is 5.76. The van der Waals surface area contributed by atoms with Gasteiger partial charge in [0.1, 0.15) is 12.4 Å².